The van der Waals surface area contributed by atoms with Crippen molar-refractivity contribution in [3.8, 4) is 29.0 Å². The van der Waals surface area contributed by atoms with Crippen LogP contribution in [0, 0.1) is 29.6 Å². The minimum absolute atomic E-state index is 0.151. The van der Waals surface area contributed by atoms with Gasteiger partial charge < -0.3 is 4.74 Å². The van der Waals surface area contributed by atoms with E-state index >= 15 is 0 Å². The molecule has 0 amide bonds. The first-order chi connectivity index (χ1) is 14.3. The van der Waals surface area contributed by atoms with Gasteiger partial charge in [-0.2, -0.15) is 10.5 Å². The van der Waals surface area contributed by atoms with Gasteiger partial charge in [0.25, 0.3) is 10.0 Å². The average molecular weight is 417 g/mol. The first-order valence-electron chi connectivity index (χ1n) is 9.00. The fourth-order valence-electron chi connectivity index (χ4n) is 3.06. The van der Waals surface area contributed by atoms with Crippen LogP contribution in [0.25, 0.3) is 11.1 Å². The van der Waals surface area contributed by atoms with Gasteiger partial charge in [-0.3, -0.25) is 4.31 Å². The van der Waals surface area contributed by atoms with E-state index in [4.69, 9.17) is 10.00 Å². The summed E-state index contributed by atoms with van der Waals surface area (Å²) in [5.41, 5.74) is 3.50. The van der Waals surface area contributed by atoms with Crippen LogP contribution in [0.15, 0.2) is 65.6 Å². The Morgan fingerprint density at radius 3 is 2.17 bits per heavy atom. The van der Waals surface area contributed by atoms with Crippen LogP contribution in [-0.2, 0) is 10.0 Å². The Bertz CT molecular complexity index is 1280. The third kappa shape index (κ3) is 3.84. The Kier molecular flexibility index (Phi) is 5.77. The third-order valence-electron chi connectivity index (χ3n) is 4.87. The monoisotopic (exact) mass is 417 g/mol. The molecule has 3 aromatic rings. The molecule has 0 atom stereocenters. The van der Waals surface area contributed by atoms with E-state index in [1.165, 1.54) is 30.6 Å². The fraction of sp³-hybridized carbons (Fsp3) is 0.130. The molecular formula is C23H19N3O3S. The Morgan fingerprint density at radius 2 is 1.57 bits per heavy atom. The lowest BCUT2D eigenvalue weighted by molar-refractivity contribution is 0.414. The van der Waals surface area contributed by atoms with E-state index in [0.29, 0.717) is 17.0 Å². The van der Waals surface area contributed by atoms with E-state index in [9.17, 15) is 13.7 Å². The second-order valence-electron chi connectivity index (χ2n) is 6.63. The van der Waals surface area contributed by atoms with Crippen LogP contribution >= 0.6 is 0 Å². The molecule has 6 nitrogen and oxygen atoms in total. The van der Waals surface area contributed by atoms with Gasteiger partial charge in [-0.15, -0.1) is 0 Å². The Balaban J connectivity index is 2.04. The summed E-state index contributed by atoms with van der Waals surface area (Å²) in [5.74, 6) is 0.573. The number of nitriles is 2. The number of rotatable bonds is 5. The lowest BCUT2D eigenvalue weighted by atomic mass is 9.96. The fourth-order valence-corrected chi connectivity index (χ4v) is 4.25. The van der Waals surface area contributed by atoms with E-state index in [0.717, 1.165) is 16.7 Å². The maximum Gasteiger partial charge on any atom is 0.264 e. The van der Waals surface area contributed by atoms with Gasteiger partial charge in [0.2, 0.25) is 0 Å². The molecule has 0 unspecified atom stereocenters. The molecule has 0 saturated carbocycles. The first kappa shape index (κ1) is 20.9. The lowest BCUT2D eigenvalue weighted by Crippen LogP contribution is -2.26. The lowest BCUT2D eigenvalue weighted by Gasteiger charge is -2.21. The predicted molar refractivity (Wildman–Crippen MR) is 115 cm³/mol. The van der Waals surface area contributed by atoms with Crippen LogP contribution in [0.3, 0.4) is 0 Å². The van der Waals surface area contributed by atoms with Gasteiger partial charge in [0, 0.05) is 7.05 Å². The summed E-state index contributed by atoms with van der Waals surface area (Å²) in [4.78, 5) is 0.151. The highest BCUT2D eigenvalue weighted by Gasteiger charge is 2.22. The second kappa shape index (κ2) is 8.28. The van der Waals surface area contributed by atoms with Crippen LogP contribution < -0.4 is 9.04 Å². The smallest absolute Gasteiger partial charge is 0.264 e. The van der Waals surface area contributed by atoms with Gasteiger partial charge in [-0.25, -0.2) is 8.42 Å². The molecule has 0 fully saturated rings. The number of ether oxygens (including phenoxy) is 1. The number of nitrogens with zero attached hydrogens (tertiary/aromatic N) is 3. The molecule has 7 heteroatoms. The maximum absolute atomic E-state index is 13.1. The van der Waals surface area contributed by atoms with Crippen molar-refractivity contribution in [2.75, 3.05) is 18.5 Å². The summed E-state index contributed by atoms with van der Waals surface area (Å²) in [5, 5.41) is 18.4. The number of aryl methyl sites for hydroxylation is 1. The number of hydrogen-bond acceptors (Lipinski definition) is 5. The predicted octanol–water partition coefficient (Wildman–Crippen LogP) is 4.24. The molecular weight excluding hydrogens is 398 g/mol. The van der Waals surface area contributed by atoms with Gasteiger partial charge >= 0.3 is 0 Å². The molecule has 0 heterocycles. The minimum Gasteiger partial charge on any atom is -0.497 e. The molecule has 0 aliphatic heterocycles. The van der Waals surface area contributed by atoms with Crippen LogP contribution in [0.4, 0.5) is 5.69 Å². The highest BCUT2D eigenvalue weighted by molar-refractivity contribution is 7.92. The van der Waals surface area contributed by atoms with Crippen molar-refractivity contribution in [2.45, 2.75) is 11.8 Å². The number of anilines is 1. The van der Waals surface area contributed by atoms with Crippen LogP contribution in [0.1, 0.15) is 16.7 Å². The van der Waals surface area contributed by atoms with Crippen molar-refractivity contribution in [3.63, 3.8) is 0 Å². The molecule has 0 bridgehead atoms. The maximum atomic E-state index is 13.1. The van der Waals surface area contributed by atoms with Crippen molar-refractivity contribution < 1.29 is 13.2 Å². The molecule has 0 aliphatic rings. The molecule has 0 spiro atoms. The summed E-state index contributed by atoms with van der Waals surface area (Å²) in [6.45, 7) is 1.90. The molecule has 0 aliphatic carbocycles. The van der Waals surface area contributed by atoms with Gasteiger partial charge in [0.05, 0.1) is 28.8 Å². The molecule has 0 N–H and O–H groups in total. The number of benzene rings is 3. The highest BCUT2D eigenvalue weighted by Crippen LogP contribution is 2.31. The van der Waals surface area contributed by atoms with Gasteiger partial charge in [-0.05, 0) is 72.1 Å². The zero-order chi connectivity index (χ0) is 21.9. The van der Waals surface area contributed by atoms with Crippen molar-refractivity contribution >= 4 is 15.7 Å². The highest BCUT2D eigenvalue weighted by atomic mass is 32.2. The summed E-state index contributed by atoms with van der Waals surface area (Å²) in [6.07, 6.45) is 0. The van der Waals surface area contributed by atoms with Crippen molar-refractivity contribution in [2.24, 2.45) is 0 Å². The molecule has 0 saturated heterocycles. The van der Waals surface area contributed by atoms with Crippen LogP contribution in [0.2, 0.25) is 0 Å². The number of hydrogen-bond donors (Lipinski definition) is 0. The molecule has 3 aromatic carbocycles. The summed E-state index contributed by atoms with van der Waals surface area (Å²) >= 11 is 0. The zero-order valence-corrected chi connectivity index (χ0v) is 17.6. The largest absolute Gasteiger partial charge is 0.497 e. The van der Waals surface area contributed by atoms with Gasteiger partial charge in [-0.1, -0.05) is 12.1 Å². The Hall–Kier alpha value is -3.81. The number of sulfonamides is 1. The van der Waals surface area contributed by atoms with E-state index in [2.05, 4.69) is 0 Å². The minimum atomic E-state index is -3.77. The number of methoxy groups -OCH3 is 1. The van der Waals surface area contributed by atoms with Gasteiger partial charge in [0.15, 0.2) is 0 Å². The summed E-state index contributed by atoms with van der Waals surface area (Å²) in [6, 6.07) is 20.5. The molecule has 30 heavy (non-hydrogen) atoms. The van der Waals surface area contributed by atoms with Crippen LogP contribution in [0.5, 0.6) is 5.75 Å². The first-order valence-corrected chi connectivity index (χ1v) is 10.4. The molecule has 0 aromatic heterocycles. The van der Waals surface area contributed by atoms with Crippen molar-refractivity contribution in [3.05, 3.63) is 77.4 Å². The van der Waals surface area contributed by atoms with E-state index in [-0.39, 0.29) is 10.5 Å². The second-order valence-corrected chi connectivity index (χ2v) is 8.60. The topological polar surface area (TPSA) is 94.2 Å². The van der Waals surface area contributed by atoms with E-state index < -0.39 is 10.0 Å². The average Bonchev–Trinajstić information content (AvgIpc) is 2.78. The SMILES string of the molecule is COc1ccc(S(=O)(=O)N(C)c2ccc(C)c(-c3ccc(C#N)c(C#N)c3)c2)cc1. The van der Waals surface area contributed by atoms with Crippen LogP contribution in [-0.4, -0.2) is 22.6 Å². The molecule has 3 rings (SSSR count). The zero-order valence-electron chi connectivity index (χ0n) is 16.7. The Morgan fingerprint density at radius 1 is 0.900 bits per heavy atom. The van der Waals surface area contributed by atoms with Gasteiger partial charge in [0.1, 0.15) is 17.9 Å². The Labute approximate surface area is 176 Å². The van der Waals surface area contributed by atoms with Crippen molar-refractivity contribution in [1.29, 1.82) is 10.5 Å². The third-order valence-corrected chi connectivity index (χ3v) is 6.67. The van der Waals surface area contributed by atoms with E-state index in [1.807, 2.05) is 25.1 Å². The van der Waals surface area contributed by atoms with Crippen molar-refractivity contribution in [1.82, 2.24) is 0 Å². The summed E-state index contributed by atoms with van der Waals surface area (Å²) in [7, 11) is -0.758. The molecule has 0 radical (unpaired) electrons. The molecule has 150 valence electrons. The standard InChI is InChI=1S/C23H19N3O3S/c1-16-4-7-20(13-23(16)17-5-6-18(14-24)19(12-17)15-25)26(2)30(27,28)22-10-8-21(29-3)9-11-22/h4-13H,1-3H3. The quantitative estimate of drug-likeness (QED) is 0.619. The normalized spacial score (nSPS) is 10.7. The van der Waals surface area contributed by atoms with E-state index in [1.54, 1.807) is 42.5 Å². The summed E-state index contributed by atoms with van der Waals surface area (Å²) < 4.78 is 32.4.